The van der Waals surface area contributed by atoms with Crippen LogP contribution in [0.2, 0.25) is 0 Å². The zero-order valence-corrected chi connectivity index (χ0v) is 12.4. The fourth-order valence-electron chi connectivity index (χ4n) is 2.86. The Labute approximate surface area is 114 Å². The van der Waals surface area contributed by atoms with Gasteiger partial charge in [-0.3, -0.25) is 4.79 Å². The highest BCUT2D eigenvalue weighted by molar-refractivity contribution is 5.89. The van der Waals surface area contributed by atoms with Gasteiger partial charge in [0.2, 0.25) is 0 Å². The number of rotatable bonds is 3. The molecule has 0 aliphatic heterocycles. The lowest BCUT2D eigenvalue weighted by Gasteiger charge is -2.16. The third-order valence-electron chi connectivity index (χ3n) is 3.94. The summed E-state index contributed by atoms with van der Waals surface area (Å²) in [5, 5.41) is 4.35. The molecule has 19 heavy (non-hydrogen) atoms. The number of nitrogens with zero attached hydrogens (tertiary/aromatic N) is 1. The molecule has 0 aliphatic carbocycles. The summed E-state index contributed by atoms with van der Waals surface area (Å²) >= 11 is 0. The van der Waals surface area contributed by atoms with Crippen LogP contribution in [0.15, 0.2) is 16.9 Å². The van der Waals surface area contributed by atoms with Gasteiger partial charge in [0.25, 0.3) is 5.56 Å². The minimum atomic E-state index is 0.133. The van der Waals surface area contributed by atoms with Gasteiger partial charge >= 0.3 is 0 Å². The van der Waals surface area contributed by atoms with E-state index in [0.29, 0.717) is 0 Å². The van der Waals surface area contributed by atoms with E-state index in [9.17, 15) is 4.79 Å². The van der Waals surface area contributed by atoms with E-state index in [1.807, 2.05) is 14.1 Å². The molecule has 0 radical (unpaired) electrons. The van der Waals surface area contributed by atoms with Crippen molar-refractivity contribution in [2.45, 2.75) is 27.2 Å². The van der Waals surface area contributed by atoms with E-state index >= 15 is 0 Å². The van der Waals surface area contributed by atoms with Gasteiger partial charge in [-0.15, -0.1) is 0 Å². The third-order valence-corrected chi connectivity index (χ3v) is 3.94. The second kappa shape index (κ2) is 5.17. The summed E-state index contributed by atoms with van der Waals surface area (Å²) in [7, 11) is 3.79. The predicted molar refractivity (Wildman–Crippen MR) is 81.0 cm³/mol. The van der Waals surface area contributed by atoms with Crippen molar-refractivity contribution in [2.24, 2.45) is 7.05 Å². The number of fused-ring (bicyclic) bond motifs is 1. The smallest absolute Gasteiger partial charge is 0.254 e. The average Bonchev–Trinajstić information content (AvgIpc) is 2.38. The van der Waals surface area contributed by atoms with Crippen LogP contribution in [0.1, 0.15) is 22.3 Å². The molecule has 0 atom stereocenters. The van der Waals surface area contributed by atoms with Gasteiger partial charge in [-0.25, -0.2) is 0 Å². The Bertz CT molecular complexity index is 683. The zero-order valence-electron chi connectivity index (χ0n) is 12.4. The van der Waals surface area contributed by atoms with Gasteiger partial charge in [0.1, 0.15) is 0 Å². The van der Waals surface area contributed by atoms with E-state index in [-0.39, 0.29) is 5.56 Å². The van der Waals surface area contributed by atoms with Crippen molar-refractivity contribution in [3.8, 4) is 0 Å². The summed E-state index contributed by atoms with van der Waals surface area (Å²) in [6, 6.07) is 4.22. The van der Waals surface area contributed by atoms with Crippen molar-refractivity contribution < 1.29 is 0 Å². The van der Waals surface area contributed by atoms with Crippen molar-refractivity contribution in [3.05, 3.63) is 44.7 Å². The highest BCUT2D eigenvalue weighted by Crippen LogP contribution is 2.25. The molecular formula is C16H22N2O. The molecule has 2 rings (SSSR count). The SMILES string of the molecule is CNCCc1c(C)c2c(C)ccc(C)c2n(C)c1=O. The maximum atomic E-state index is 12.5. The minimum absolute atomic E-state index is 0.133. The van der Waals surface area contributed by atoms with Crippen LogP contribution in [-0.2, 0) is 13.5 Å². The monoisotopic (exact) mass is 258 g/mol. The van der Waals surface area contributed by atoms with E-state index in [0.717, 1.165) is 35.2 Å². The molecule has 0 fully saturated rings. The number of likely N-dealkylation sites (N-methyl/N-ethyl adjacent to an activating group) is 1. The van der Waals surface area contributed by atoms with Crippen LogP contribution in [0.3, 0.4) is 0 Å². The molecule has 0 saturated heterocycles. The Hall–Kier alpha value is -1.61. The summed E-state index contributed by atoms with van der Waals surface area (Å²) in [6.45, 7) is 7.07. The van der Waals surface area contributed by atoms with Crippen LogP contribution in [0.25, 0.3) is 10.9 Å². The second-order valence-electron chi connectivity index (χ2n) is 5.24. The molecule has 1 aromatic heterocycles. The van der Waals surface area contributed by atoms with Crippen LogP contribution in [-0.4, -0.2) is 18.2 Å². The highest BCUT2D eigenvalue weighted by Gasteiger charge is 2.14. The average molecular weight is 258 g/mol. The Kier molecular flexibility index (Phi) is 3.76. The molecule has 0 aliphatic rings. The first-order valence-electron chi connectivity index (χ1n) is 6.72. The van der Waals surface area contributed by atoms with Crippen molar-refractivity contribution in [1.29, 1.82) is 0 Å². The minimum Gasteiger partial charge on any atom is -0.319 e. The third kappa shape index (κ3) is 2.19. The number of aromatic nitrogens is 1. The molecule has 0 bridgehead atoms. The summed E-state index contributed by atoms with van der Waals surface area (Å²) < 4.78 is 1.80. The molecule has 0 unspecified atom stereocenters. The summed E-state index contributed by atoms with van der Waals surface area (Å²) in [4.78, 5) is 12.5. The van der Waals surface area contributed by atoms with Gasteiger partial charge in [-0.2, -0.15) is 0 Å². The normalized spacial score (nSPS) is 11.2. The Morgan fingerprint density at radius 2 is 1.79 bits per heavy atom. The molecule has 1 aromatic carbocycles. The molecule has 2 aromatic rings. The number of hydrogen-bond acceptors (Lipinski definition) is 2. The van der Waals surface area contributed by atoms with E-state index in [2.05, 4.69) is 38.2 Å². The van der Waals surface area contributed by atoms with Gasteiger partial charge in [0.15, 0.2) is 0 Å². The van der Waals surface area contributed by atoms with E-state index < -0.39 is 0 Å². The molecule has 3 nitrogen and oxygen atoms in total. The quantitative estimate of drug-likeness (QED) is 0.916. The van der Waals surface area contributed by atoms with E-state index in [1.54, 1.807) is 4.57 Å². The Morgan fingerprint density at radius 1 is 1.16 bits per heavy atom. The van der Waals surface area contributed by atoms with Gasteiger partial charge < -0.3 is 9.88 Å². The van der Waals surface area contributed by atoms with E-state index in [4.69, 9.17) is 0 Å². The first-order chi connectivity index (χ1) is 8.99. The van der Waals surface area contributed by atoms with Crippen LogP contribution >= 0.6 is 0 Å². The van der Waals surface area contributed by atoms with Crippen LogP contribution in [0, 0.1) is 20.8 Å². The van der Waals surface area contributed by atoms with Gasteiger partial charge in [0.05, 0.1) is 5.52 Å². The zero-order chi connectivity index (χ0) is 14.2. The molecule has 102 valence electrons. The fourth-order valence-corrected chi connectivity index (χ4v) is 2.86. The van der Waals surface area contributed by atoms with Gasteiger partial charge in [0, 0.05) is 18.0 Å². The maximum absolute atomic E-state index is 12.5. The number of nitrogens with one attached hydrogen (secondary N) is 1. The predicted octanol–water partition coefficient (Wildman–Crippen LogP) is 2.23. The molecule has 1 N–H and O–H groups in total. The lowest BCUT2D eigenvalue weighted by atomic mass is 9.96. The number of hydrogen-bond donors (Lipinski definition) is 1. The molecule has 0 amide bonds. The molecule has 3 heteroatoms. The maximum Gasteiger partial charge on any atom is 0.254 e. The van der Waals surface area contributed by atoms with Crippen LogP contribution in [0.5, 0.6) is 0 Å². The summed E-state index contributed by atoms with van der Waals surface area (Å²) in [6.07, 6.45) is 0.776. The Balaban J connectivity index is 2.88. The highest BCUT2D eigenvalue weighted by atomic mass is 16.1. The summed E-state index contributed by atoms with van der Waals surface area (Å²) in [5.74, 6) is 0. The van der Waals surface area contributed by atoms with Crippen molar-refractivity contribution in [2.75, 3.05) is 13.6 Å². The van der Waals surface area contributed by atoms with Gasteiger partial charge in [-0.05, 0) is 57.5 Å². The molecular weight excluding hydrogens is 236 g/mol. The molecule has 0 spiro atoms. The molecule has 0 saturated carbocycles. The second-order valence-corrected chi connectivity index (χ2v) is 5.24. The van der Waals surface area contributed by atoms with Crippen LogP contribution in [0.4, 0.5) is 0 Å². The first-order valence-corrected chi connectivity index (χ1v) is 6.72. The number of pyridine rings is 1. The van der Waals surface area contributed by atoms with Crippen molar-refractivity contribution in [3.63, 3.8) is 0 Å². The van der Waals surface area contributed by atoms with Gasteiger partial charge in [-0.1, -0.05) is 12.1 Å². The van der Waals surface area contributed by atoms with Crippen LogP contribution < -0.4 is 10.9 Å². The number of aryl methyl sites for hydroxylation is 4. The largest absolute Gasteiger partial charge is 0.319 e. The fraction of sp³-hybridized carbons (Fsp3) is 0.438. The Morgan fingerprint density at radius 3 is 2.42 bits per heavy atom. The van der Waals surface area contributed by atoms with Crippen molar-refractivity contribution >= 4 is 10.9 Å². The summed E-state index contributed by atoms with van der Waals surface area (Å²) in [5.41, 5.74) is 5.65. The van der Waals surface area contributed by atoms with Crippen molar-refractivity contribution in [1.82, 2.24) is 9.88 Å². The first kappa shape index (κ1) is 13.8. The lowest BCUT2D eigenvalue weighted by Crippen LogP contribution is -2.26. The molecule has 1 heterocycles. The lowest BCUT2D eigenvalue weighted by molar-refractivity contribution is 0.767. The topological polar surface area (TPSA) is 34.0 Å². The number of benzene rings is 1. The van der Waals surface area contributed by atoms with E-state index in [1.165, 1.54) is 10.9 Å². The standard InChI is InChI=1S/C16H22N2O/c1-10-6-7-11(2)15-14(10)12(3)13(8-9-17-4)16(19)18(15)5/h6-7,17H,8-9H2,1-5H3.